The second kappa shape index (κ2) is 5.60. The monoisotopic (exact) mass is 303 g/mol. The standard InChI is InChI=1S/C16H17NO3S/c1-12-7-9-14(10-8-12)21(18,19)17-16(15-11-20-15)13-5-3-2-4-6-13/h2-10,15-17H,11H2,1H3/t15-,16+/m0/s1. The van der Waals surface area contributed by atoms with Crippen LogP contribution in [0.5, 0.6) is 0 Å². The highest BCUT2D eigenvalue weighted by Crippen LogP contribution is 2.29. The molecule has 2 aromatic rings. The average molecular weight is 303 g/mol. The van der Waals surface area contributed by atoms with E-state index in [1.165, 1.54) is 0 Å². The molecule has 1 aliphatic heterocycles. The smallest absolute Gasteiger partial charge is 0.241 e. The van der Waals surface area contributed by atoms with Crippen molar-refractivity contribution < 1.29 is 13.2 Å². The second-order valence-corrected chi connectivity index (χ2v) is 6.91. The number of benzene rings is 2. The summed E-state index contributed by atoms with van der Waals surface area (Å²) < 4.78 is 33.0. The summed E-state index contributed by atoms with van der Waals surface area (Å²) >= 11 is 0. The first-order valence-electron chi connectivity index (χ1n) is 6.82. The van der Waals surface area contributed by atoms with Crippen LogP contribution in [-0.4, -0.2) is 21.1 Å². The van der Waals surface area contributed by atoms with E-state index >= 15 is 0 Å². The maximum Gasteiger partial charge on any atom is 0.241 e. The third kappa shape index (κ3) is 3.32. The third-order valence-corrected chi connectivity index (χ3v) is 4.96. The summed E-state index contributed by atoms with van der Waals surface area (Å²) in [6.07, 6.45) is -0.0902. The number of ether oxygens (including phenoxy) is 1. The summed E-state index contributed by atoms with van der Waals surface area (Å²) in [6.45, 7) is 2.50. The minimum Gasteiger partial charge on any atom is -0.371 e. The van der Waals surface area contributed by atoms with E-state index in [0.29, 0.717) is 6.61 Å². The molecule has 2 atom stereocenters. The van der Waals surface area contributed by atoms with Gasteiger partial charge >= 0.3 is 0 Å². The van der Waals surface area contributed by atoms with Crippen LogP contribution in [-0.2, 0) is 14.8 Å². The predicted molar refractivity (Wildman–Crippen MR) is 80.4 cm³/mol. The Morgan fingerprint density at radius 2 is 1.71 bits per heavy atom. The van der Waals surface area contributed by atoms with Crippen molar-refractivity contribution in [2.45, 2.75) is 24.0 Å². The first kappa shape index (κ1) is 14.3. The average Bonchev–Trinajstić information content (AvgIpc) is 3.31. The van der Waals surface area contributed by atoms with Crippen LogP contribution in [0.2, 0.25) is 0 Å². The Bertz CT molecular complexity index is 707. The molecular weight excluding hydrogens is 286 g/mol. The lowest BCUT2D eigenvalue weighted by Crippen LogP contribution is -2.32. The molecule has 0 amide bonds. The van der Waals surface area contributed by atoms with Crippen molar-refractivity contribution in [1.29, 1.82) is 0 Å². The summed E-state index contributed by atoms with van der Waals surface area (Å²) in [4.78, 5) is 0.273. The molecule has 0 aliphatic carbocycles. The van der Waals surface area contributed by atoms with Crippen LogP contribution in [0.1, 0.15) is 17.2 Å². The topological polar surface area (TPSA) is 58.7 Å². The van der Waals surface area contributed by atoms with E-state index in [-0.39, 0.29) is 17.0 Å². The molecule has 0 saturated carbocycles. The zero-order valence-electron chi connectivity index (χ0n) is 11.7. The van der Waals surface area contributed by atoms with E-state index in [0.717, 1.165) is 11.1 Å². The lowest BCUT2D eigenvalue weighted by molar-refractivity contribution is 0.364. The molecule has 0 aromatic heterocycles. The Kier molecular flexibility index (Phi) is 3.80. The summed E-state index contributed by atoms with van der Waals surface area (Å²) in [6, 6.07) is 16.0. The Morgan fingerprint density at radius 3 is 2.29 bits per heavy atom. The zero-order chi connectivity index (χ0) is 14.9. The molecule has 2 aromatic carbocycles. The van der Waals surface area contributed by atoms with Crippen LogP contribution in [0.4, 0.5) is 0 Å². The molecule has 5 heteroatoms. The van der Waals surface area contributed by atoms with Gasteiger partial charge in [0.2, 0.25) is 10.0 Å². The van der Waals surface area contributed by atoms with Crippen molar-refractivity contribution in [2.75, 3.05) is 6.61 Å². The van der Waals surface area contributed by atoms with Crippen LogP contribution in [0, 0.1) is 6.92 Å². The molecule has 0 unspecified atom stereocenters. The highest BCUT2D eigenvalue weighted by Gasteiger charge is 2.36. The Labute approximate surface area is 124 Å². The van der Waals surface area contributed by atoms with Crippen LogP contribution in [0.3, 0.4) is 0 Å². The van der Waals surface area contributed by atoms with Gasteiger partial charge in [0.1, 0.15) is 6.10 Å². The third-order valence-electron chi connectivity index (χ3n) is 3.50. The van der Waals surface area contributed by atoms with Gasteiger partial charge in [-0.05, 0) is 24.6 Å². The van der Waals surface area contributed by atoms with Gasteiger partial charge in [0, 0.05) is 0 Å². The van der Waals surface area contributed by atoms with Gasteiger partial charge in [-0.25, -0.2) is 13.1 Å². The van der Waals surface area contributed by atoms with E-state index in [1.54, 1.807) is 24.3 Å². The fraction of sp³-hybridized carbons (Fsp3) is 0.250. The molecule has 0 bridgehead atoms. The Balaban J connectivity index is 1.87. The predicted octanol–water partition coefficient (Wildman–Crippen LogP) is 2.41. The van der Waals surface area contributed by atoms with Crippen molar-refractivity contribution in [3.63, 3.8) is 0 Å². The van der Waals surface area contributed by atoms with Crippen LogP contribution >= 0.6 is 0 Å². The van der Waals surface area contributed by atoms with Gasteiger partial charge in [0.25, 0.3) is 0 Å². The van der Waals surface area contributed by atoms with Gasteiger partial charge in [-0.2, -0.15) is 0 Å². The lowest BCUT2D eigenvalue weighted by Gasteiger charge is -2.17. The number of epoxide rings is 1. The first-order valence-corrected chi connectivity index (χ1v) is 8.30. The van der Waals surface area contributed by atoms with E-state index < -0.39 is 10.0 Å². The summed E-state index contributed by atoms with van der Waals surface area (Å²) in [5, 5.41) is 0. The number of hydrogen-bond donors (Lipinski definition) is 1. The minimum atomic E-state index is -3.56. The molecular formula is C16H17NO3S. The maximum absolute atomic E-state index is 12.5. The van der Waals surface area contributed by atoms with Crippen molar-refractivity contribution in [2.24, 2.45) is 0 Å². The molecule has 0 radical (unpaired) electrons. The minimum absolute atomic E-state index is 0.0902. The maximum atomic E-state index is 12.5. The number of sulfonamides is 1. The van der Waals surface area contributed by atoms with Gasteiger partial charge in [-0.15, -0.1) is 0 Å². The fourth-order valence-electron chi connectivity index (χ4n) is 2.22. The SMILES string of the molecule is Cc1ccc(S(=O)(=O)N[C@H](c2ccccc2)[C@@H]2CO2)cc1. The van der Waals surface area contributed by atoms with Gasteiger partial charge in [0.05, 0.1) is 17.5 Å². The number of hydrogen-bond acceptors (Lipinski definition) is 3. The van der Waals surface area contributed by atoms with Gasteiger partial charge < -0.3 is 4.74 Å². The highest BCUT2D eigenvalue weighted by atomic mass is 32.2. The molecule has 1 saturated heterocycles. The van der Waals surface area contributed by atoms with Gasteiger partial charge in [-0.3, -0.25) is 0 Å². The van der Waals surface area contributed by atoms with E-state index in [2.05, 4.69) is 4.72 Å². The van der Waals surface area contributed by atoms with Crippen molar-refractivity contribution in [3.8, 4) is 0 Å². The molecule has 1 heterocycles. The Morgan fingerprint density at radius 1 is 1.10 bits per heavy atom. The molecule has 1 N–H and O–H groups in total. The van der Waals surface area contributed by atoms with Crippen molar-refractivity contribution >= 4 is 10.0 Å². The first-order chi connectivity index (χ1) is 10.1. The number of nitrogens with one attached hydrogen (secondary N) is 1. The van der Waals surface area contributed by atoms with Crippen LogP contribution in [0.25, 0.3) is 0 Å². The number of rotatable bonds is 5. The lowest BCUT2D eigenvalue weighted by atomic mass is 10.1. The van der Waals surface area contributed by atoms with E-state index in [1.807, 2.05) is 37.3 Å². The summed E-state index contributed by atoms with van der Waals surface area (Å²) in [5.41, 5.74) is 1.94. The summed E-state index contributed by atoms with van der Waals surface area (Å²) in [7, 11) is -3.56. The Hall–Kier alpha value is -1.69. The molecule has 3 rings (SSSR count). The van der Waals surface area contributed by atoms with E-state index in [9.17, 15) is 8.42 Å². The zero-order valence-corrected chi connectivity index (χ0v) is 12.5. The summed E-state index contributed by atoms with van der Waals surface area (Å²) in [5.74, 6) is 0. The van der Waals surface area contributed by atoms with Crippen LogP contribution in [0.15, 0.2) is 59.5 Å². The number of aryl methyl sites for hydroxylation is 1. The highest BCUT2D eigenvalue weighted by molar-refractivity contribution is 7.89. The molecule has 4 nitrogen and oxygen atoms in total. The van der Waals surface area contributed by atoms with Gasteiger partial charge in [0.15, 0.2) is 0 Å². The van der Waals surface area contributed by atoms with Crippen molar-refractivity contribution in [1.82, 2.24) is 4.72 Å². The molecule has 0 spiro atoms. The van der Waals surface area contributed by atoms with Gasteiger partial charge in [-0.1, -0.05) is 48.0 Å². The van der Waals surface area contributed by atoms with Crippen LogP contribution < -0.4 is 4.72 Å². The molecule has 1 fully saturated rings. The largest absolute Gasteiger partial charge is 0.371 e. The van der Waals surface area contributed by atoms with Crippen molar-refractivity contribution in [3.05, 3.63) is 65.7 Å². The normalized spacial score (nSPS) is 19.2. The quantitative estimate of drug-likeness (QED) is 0.863. The molecule has 21 heavy (non-hydrogen) atoms. The van der Waals surface area contributed by atoms with E-state index in [4.69, 9.17) is 4.74 Å². The fourth-order valence-corrected chi connectivity index (χ4v) is 3.47. The molecule has 1 aliphatic rings. The second-order valence-electron chi connectivity index (χ2n) is 5.19. The molecule has 110 valence electrons.